The Hall–Kier alpha value is -2.21. The maximum Gasteiger partial charge on any atom is 0.237 e. The van der Waals surface area contributed by atoms with E-state index in [2.05, 4.69) is 15.5 Å². The highest BCUT2D eigenvalue weighted by molar-refractivity contribution is 5.82. The molecule has 0 aliphatic carbocycles. The van der Waals surface area contributed by atoms with Crippen LogP contribution in [0.15, 0.2) is 34.9 Å². The van der Waals surface area contributed by atoms with E-state index >= 15 is 0 Å². The lowest BCUT2D eigenvalue weighted by atomic mass is 10.0. The molecular formula is C16H22N4O2. The second-order valence-electron chi connectivity index (χ2n) is 5.71. The molecule has 0 aliphatic heterocycles. The van der Waals surface area contributed by atoms with Gasteiger partial charge in [-0.05, 0) is 18.4 Å². The molecule has 6 nitrogen and oxygen atoms in total. The maximum absolute atomic E-state index is 11.9. The highest BCUT2D eigenvalue weighted by Gasteiger charge is 2.22. The number of benzene rings is 1. The molecule has 1 amide bonds. The Morgan fingerprint density at radius 1 is 1.27 bits per heavy atom. The summed E-state index contributed by atoms with van der Waals surface area (Å²) >= 11 is 0. The Kier molecular flexibility index (Phi) is 5.27. The van der Waals surface area contributed by atoms with Crippen molar-refractivity contribution in [3.8, 4) is 0 Å². The minimum Gasteiger partial charge on any atom is -0.345 e. The van der Waals surface area contributed by atoms with Crippen LogP contribution in [0.1, 0.15) is 44.1 Å². The zero-order valence-electron chi connectivity index (χ0n) is 13.1. The van der Waals surface area contributed by atoms with Crippen molar-refractivity contribution in [2.24, 2.45) is 11.7 Å². The Balaban J connectivity index is 1.97. The molecule has 0 spiro atoms. The lowest BCUT2D eigenvalue weighted by Gasteiger charge is -2.17. The van der Waals surface area contributed by atoms with Gasteiger partial charge >= 0.3 is 0 Å². The number of amides is 1. The smallest absolute Gasteiger partial charge is 0.237 e. The van der Waals surface area contributed by atoms with Crippen LogP contribution in [0.2, 0.25) is 0 Å². The van der Waals surface area contributed by atoms with E-state index in [1.165, 1.54) is 0 Å². The van der Waals surface area contributed by atoms with Crippen LogP contribution in [0.4, 0.5) is 0 Å². The number of hydrogen-bond acceptors (Lipinski definition) is 5. The first kappa shape index (κ1) is 16.2. The molecule has 6 heteroatoms. The molecule has 0 saturated heterocycles. The molecule has 3 N–H and O–H groups in total. The van der Waals surface area contributed by atoms with Crippen molar-refractivity contribution in [1.82, 2.24) is 15.5 Å². The fraction of sp³-hybridized carbons (Fsp3) is 0.438. The largest absolute Gasteiger partial charge is 0.345 e. The molecule has 2 atom stereocenters. The molecule has 2 rings (SSSR count). The van der Waals surface area contributed by atoms with Gasteiger partial charge in [-0.15, -0.1) is 0 Å². The minimum absolute atomic E-state index is 0.0751. The molecule has 0 radical (unpaired) electrons. The molecule has 1 aromatic heterocycles. The molecule has 22 heavy (non-hydrogen) atoms. The summed E-state index contributed by atoms with van der Waals surface area (Å²) in [6, 6.07) is 8.99. The molecule has 1 heterocycles. The topological polar surface area (TPSA) is 94.0 Å². The third kappa shape index (κ3) is 4.14. The number of aromatic nitrogens is 2. The van der Waals surface area contributed by atoms with E-state index < -0.39 is 6.04 Å². The summed E-state index contributed by atoms with van der Waals surface area (Å²) in [7, 11) is 0. The molecule has 2 aromatic rings. The number of rotatable bonds is 6. The van der Waals surface area contributed by atoms with Crippen molar-refractivity contribution in [2.75, 3.05) is 0 Å². The van der Waals surface area contributed by atoms with Crippen molar-refractivity contribution >= 4 is 5.91 Å². The second kappa shape index (κ2) is 7.17. The summed E-state index contributed by atoms with van der Waals surface area (Å²) in [5.41, 5.74) is 6.91. The number of nitrogens with one attached hydrogen (secondary N) is 1. The Labute approximate surface area is 130 Å². The van der Waals surface area contributed by atoms with Gasteiger partial charge in [-0.3, -0.25) is 4.79 Å². The number of hydrogen-bond donors (Lipinski definition) is 2. The molecule has 118 valence electrons. The second-order valence-corrected chi connectivity index (χ2v) is 5.71. The number of nitrogens with zero attached hydrogens (tertiary/aromatic N) is 2. The first-order valence-corrected chi connectivity index (χ1v) is 7.39. The van der Waals surface area contributed by atoms with Gasteiger partial charge in [0.05, 0.1) is 18.5 Å². The number of carbonyl (C=O) groups excluding carboxylic acids is 1. The summed E-state index contributed by atoms with van der Waals surface area (Å²) in [6.45, 7) is 5.62. The van der Waals surface area contributed by atoms with Crippen LogP contribution in [-0.4, -0.2) is 22.1 Å². The van der Waals surface area contributed by atoms with Gasteiger partial charge in [-0.25, -0.2) is 0 Å². The van der Waals surface area contributed by atoms with E-state index in [1.54, 1.807) is 0 Å². The van der Waals surface area contributed by atoms with Gasteiger partial charge < -0.3 is 15.6 Å². The lowest BCUT2D eigenvalue weighted by molar-refractivity contribution is -0.123. The van der Waals surface area contributed by atoms with E-state index in [1.807, 2.05) is 51.1 Å². The molecule has 1 aromatic carbocycles. The predicted molar refractivity (Wildman–Crippen MR) is 82.9 cm³/mol. The maximum atomic E-state index is 11.9. The van der Waals surface area contributed by atoms with Gasteiger partial charge in [0.15, 0.2) is 5.82 Å². The standard InChI is InChI=1S/C16H22N4O2/c1-10(2)14(17)16(21)18-11(3)15-19-13(22-20-15)9-12-7-5-4-6-8-12/h4-8,10-11,14H,9,17H2,1-3H3,(H,18,21)/t11?,14-/m0/s1. The highest BCUT2D eigenvalue weighted by atomic mass is 16.5. The average molecular weight is 302 g/mol. The van der Waals surface area contributed by atoms with Crippen LogP contribution in [-0.2, 0) is 11.2 Å². The molecule has 0 aliphatic rings. The molecule has 0 saturated carbocycles. The molecular weight excluding hydrogens is 280 g/mol. The van der Waals surface area contributed by atoms with Crippen LogP contribution in [0.3, 0.4) is 0 Å². The Morgan fingerprint density at radius 2 is 1.95 bits per heavy atom. The van der Waals surface area contributed by atoms with Crippen LogP contribution in [0, 0.1) is 5.92 Å². The Morgan fingerprint density at radius 3 is 2.59 bits per heavy atom. The fourth-order valence-corrected chi connectivity index (χ4v) is 1.96. The van der Waals surface area contributed by atoms with Crippen LogP contribution < -0.4 is 11.1 Å². The molecule has 0 fully saturated rings. The number of nitrogens with two attached hydrogens (primary N) is 1. The van der Waals surface area contributed by atoms with Gasteiger partial charge in [0.2, 0.25) is 11.8 Å². The van der Waals surface area contributed by atoms with E-state index in [0.29, 0.717) is 18.1 Å². The van der Waals surface area contributed by atoms with Crippen molar-refractivity contribution < 1.29 is 9.32 Å². The van der Waals surface area contributed by atoms with Crippen molar-refractivity contribution in [1.29, 1.82) is 0 Å². The van der Waals surface area contributed by atoms with Gasteiger partial charge in [-0.2, -0.15) is 4.98 Å². The third-order valence-electron chi connectivity index (χ3n) is 3.45. The zero-order valence-corrected chi connectivity index (χ0v) is 13.1. The average Bonchev–Trinajstić information content (AvgIpc) is 2.96. The zero-order chi connectivity index (χ0) is 16.1. The van der Waals surface area contributed by atoms with Crippen molar-refractivity contribution in [3.63, 3.8) is 0 Å². The first-order chi connectivity index (χ1) is 10.5. The summed E-state index contributed by atoms with van der Waals surface area (Å²) in [6.07, 6.45) is 0.569. The summed E-state index contributed by atoms with van der Waals surface area (Å²) in [5.74, 6) is 0.841. The minimum atomic E-state index is -0.543. The third-order valence-corrected chi connectivity index (χ3v) is 3.45. The van der Waals surface area contributed by atoms with E-state index in [-0.39, 0.29) is 17.9 Å². The monoisotopic (exact) mass is 302 g/mol. The predicted octanol–water partition coefficient (Wildman–Crippen LogP) is 1.82. The van der Waals surface area contributed by atoms with Gasteiger partial charge in [-0.1, -0.05) is 49.3 Å². The normalized spacial score (nSPS) is 13.9. The van der Waals surface area contributed by atoms with E-state index in [0.717, 1.165) is 5.56 Å². The highest BCUT2D eigenvalue weighted by Crippen LogP contribution is 2.12. The summed E-state index contributed by atoms with van der Waals surface area (Å²) in [5, 5.41) is 6.73. The Bertz CT molecular complexity index is 610. The van der Waals surface area contributed by atoms with Crippen molar-refractivity contribution in [3.05, 3.63) is 47.6 Å². The number of carbonyl (C=O) groups is 1. The van der Waals surface area contributed by atoms with Crippen LogP contribution in [0.5, 0.6) is 0 Å². The van der Waals surface area contributed by atoms with Crippen LogP contribution >= 0.6 is 0 Å². The molecule has 1 unspecified atom stereocenters. The van der Waals surface area contributed by atoms with Crippen molar-refractivity contribution in [2.45, 2.75) is 39.3 Å². The SMILES string of the molecule is CC(NC(=O)[C@@H](N)C(C)C)c1noc(Cc2ccccc2)n1. The molecule has 0 bridgehead atoms. The van der Waals surface area contributed by atoms with Gasteiger partial charge in [0, 0.05) is 0 Å². The van der Waals surface area contributed by atoms with Crippen LogP contribution in [0.25, 0.3) is 0 Å². The quantitative estimate of drug-likeness (QED) is 0.849. The van der Waals surface area contributed by atoms with E-state index in [9.17, 15) is 4.79 Å². The fourth-order valence-electron chi connectivity index (χ4n) is 1.96. The first-order valence-electron chi connectivity index (χ1n) is 7.39. The summed E-state index contributed by atoms with van der Waals surface area (Å²) in [4.78, 5) is 16.3. The summed E-state index contributed by atoms with van der Waals surface area (Å²) < 4.78 is 5.24. The van der Waals surface area contributed by atoms with E-state index in [4.69, 9.17) is 10.3 Å². The lowest BCUT2D eigenvalue weighted by Crippen LogP contribution is -2.44. The van der Waals surface area contributed by atoms with Gasteiger partial charge in [0.1, 0.15) is 0 Å². The van der Waals surface area contributed by atoms with Gasteiger partial charge in [0.25, 0.3) is 0 Å².